The summed E-state index contributed by atoms with van der Waals surface area (Å²) in [6, 6.07) is 9.82. The standard InChI is InChI=1S/C15H17N3O2/c1-11-13-7-8-18(10-14(13)20-17-11)15(19)16-9-12-5-3-2-4-6-12/h2-6H,7-10H2,1H3,(H,16,19). The number of fused-ring (bicyclic) bond motifs is 1. The number of amides is 2. The Morgan fingerprint density at radius 1 is 1.40 bits per heavy atom. The van der Waals surface area contributed by atoms with Gasteiger partial charge in [0, 0.05) is 18.7 Å². The minimum atomic E-state index is -0.0615. The molecule has 3 rings (SSSR count). The molecule has 2 heterocycles. The van der Waals surface area contributed by atoms with E-state index in [0.29, 0.717) is 19.6 Å². The van der Waals surface area contributed by atoms with Gasteiger partial charge < -0.3 is 14.7 Å². The van der Waals surface area contributed by atoms with Gasteiger partial charge in [-0.3, -0.25) is 0 Å². The maximum Gasteiger partial charge on any atom is 0.318 e. The van der Waals surface area contributed by atoms with Gasteiger partial charge >= 0.3 is 6.03 Å². The van der Waals surface area contributed by atoms with Crippen LogP contribution in [-0.2, 0) is 19.5 Å². The van der Waals surface area contributed by atoms with Crippen LogP contribution in [0.2, 0.25) is 0 Å². The van der Waals surface area contributed by atoms with Crippen molar-refractivity contribution in [3.8, 4) is 0 Å². The molecule has 1 aromatic heterocycles. The SMILES string of the molecule is Cc1noc2c1CCN(C(=O)NCc1ccccc1)C2. The first kappa shape index (κ1) is 12.7. The zero-order chi connectivity index (χ0) is 13.9. The molecule has 2 aromatic rings. The first-order valence-electron chi connectivity index (χ1n) is 6.75. The third-order valence-corrected chi connectivity index (χ3v) is 3.61. The Morgan fingerprint density at radius 2 is 2.20 bits per heavy atom. The second-order valence-electron chi connectivity index (χ2n) is 4.99. The molecular formula is C15H17N3O2. The van der Waals surface area contributed by atoms with Crippen molar-refractivity contribution in [2.24, 2.45) is 0 Å². The Kier molecular flexibility index (Phi) is 3.41. The van der Waals surface area contributed by atoms with Crippen LogP contribution in [-0.4, -0.2) is 22.6 Å². The van der Waals surface area contributed by atoms with Crippen LogP contribution in [0.1, 0.15) is 22.6 Å². The number of nitrogens with one attached hydrogen (secondary N) is 1. The van der Waals surface area contributed by atoms with Crippen LogP contribution >= 0.6 is 0 Å². The lowest BCUT2D eigenvalue weighted by Gasteiger charge is -2.25. The normalized spacial score (nSPS) is 13.9. The Balaban J connectivity index is 1.59. The zero-order valence-corrected chi connectivity index (χ0v) is 11.4. The van der Waals surface area contributed by atoms with Crippen molar-refractivity contribution < 1.29 is 9.32 Å². The van der Waals surface area contributed by atoms with Crippen LogP contribution in [0.3, 0.4) is 0 Å². The highest BCUT2D eigenvalue weighted by molar-refractivity contribution is 5.74. The highest BCUT2D eigenvalue weighted by atomic mass is 16.5. The molecule has 1 aromatic carbocycles. The zero-order valence-electron chi connectivity index (χ0n) is 11.4. The first-order valence-corrected chi connectivity index (χ1v) is 6.75. The van der Waals surface area contributed by atoms with Crippen molar-refractivity contribution >= 4 is 6.03 Å². The summed E-state index contributed by atoms with van der Waals surface area (Å²) in [4.78, 5) is 13.9. The van der Waals surface area contributed by atoms with Crippen molar-refractivity contribution in [2.45, 2.75) is 26.4 Å². The van der Waals surface area contributed by atoms with Crippen molar-refractivity contribution in [2.75, 3.05) is 6.54 Å². The third kappa shape index (κ3) is 2.52. The van der Waals surface area contributed by atoms with Crippen LogP contribution in [0.15, 0.2) is 34.9 Å². The molecule has 0 saturated heterocycles. The molecule has 1 aliphatic rings. The second-order valence-corrected chi connectivity index (χ2v) is 4.99. The number of aryl methyl sites for hydroxylation is 1. The Hall–Kier alpha value is -2.30. The lowest BCUT2D eigenvalue weighted by atomic mass is 10.1. The maximum atomic E-state index is 12.1. The fourth-order valence-electron chi connectivity index (χ4n) is 2.44. The third-order valence-electron chi connectivity index (χ3n) is 3.61. The quantitative estimate of drug-likeness (QED) is 0.911. The van der Waals surface area contributed by atoms with E-state index in [-0.39, 0.29) is 6.03 Å². The average molecular weight is 271 g/mol. The number of nitrogens with zero attached hydrogens (tertiary/aromatic N) is 2. The summed E-state index contributed by atoms with van der Waals surface area (Å²) in [5.41, 5.74) is 3.18. The molecule has 2 amide bonds. The molecule has 0 saturated carbocycles. The van der Waals surface area contributed by atoms with E-state index in [0.717, 1.165) is 29.0 Å². The number of hydrogen-bond donors (Lipinski definition) is 1. The van der Waals surface area contributed by atoms with E-state index in [4.69, 9.17) is 4.52 Å². The fraction of sp³-hybridized carbons (Fsp3) is 0.333. The minimum absolute atomic E-state index is 0.0615. The highest BCUT2D eigenvalue weighted by Gasteiger charge is 2.25. The van der Waals surface area contributed by atoms with Gasteiger partial charge in [-0.25, -0.2) is 4.79 Å². The van der Waals surface area contributed by atoms with E-state index < -0.39 is 0 Å². The van der Waals surface area contributed by atoms with Crippen molar-refractivity contribution in [1.82, 2.24) is 15.4 Å². The van der Waals surface area contributed by atoms with Crippen LogP contribution in [0.5, 0.6) is 0 Å². The summed E-state index contributed by atoms with van der Waals surface area (Å²) in [6.07, 6.45) is 0.809. The molecular weight excluding hydrogens is 254 g/mol. The van der Waals surface area contributed by atoms with Crippen LogP contribution in [0.4, 0.5) is 4.79 Å². The molecule has 0 bridgehead atoms. The molecule has 0 fully saturated rings. The van der Waals surface area contributed by atoms with Gasteiger partial charge in [0.2, 0.25) is 0 Å². The van der Waals surface area contributed by atoms with Gasteiger partial charge in [-0.15, -0.1) is 0 Å². The van der Waals surface area contributed by atoms with E-state index in [1.165, 1.54) is 0 Å². The molecule has 0 unspecified atom stereocenters. The molecule has 104 valence electrons. The van der Waals surface area contributed by atoms with Gasteiger partial charge in [-0.2, -0.15) is 0 Å². The first-order chi connectivity index (χ1) is 9.74. The monoisotopic (exact) mass is 271 g/mol. The largest absolute Gasteiger partial charge is 0.359 e. The highest BCUT2D eigenvalue weighted by Crippen LogP contribution is 2.21. The topological polar surface area (TPSA) is 58.4 Å². The van der Waals surface area contributed by atoms with E-state index in [1.807, 2.05) is 37.3 Å². The molecule has 5 heteroatoms. The molecule has 0 atom stereocenters. The number of carbonyl (C=O) groups is 1. The predicted molar refractivity (Wildman–Crippen MR) is 74.0 cm³/mol. The molecule has 1 aliphatic heterocycles. The van der Waals surface area contributed by atoms with Gasteiger partial charge in [0.05, 0.1) is 12.2 Å². The van der Waals surface area contributed by atoms with Crippen molar-refractivity contribution in [1.29, 1.82) is 0 Å². The molecule has 0 radical (unpaired) electrons. The molecule has 0 spiro atoms. The molecule has 1 N–H and O–H groups in total. The molecule has 0 aliphatic carbocycles. The minimum Gasteiger partial charge on any atom is -0.359 e. The summed E-state index contributed by atoms with van der Waals surface area (Å²) < 4.78 is 5.26. The van der Waals surface area contributed by atoms with Gasteiger partial charge in [0.15, 0.2) is 5.76 Å². The Labute approximate surface area is 117 Å². The van der Waals surface area contributed by atoms with Gasteiger partial charge in [0.25, 0.3) is 0 Å². The summed E-state index contributed by atoms with van der Waals surface area (Å²) in [5.74, 6) is 0.809. The fourth-order valence-corrected chi connectivity index (χ4v) is 2.44. The average Bonchev–Trinajstić information content (AvgIpc) is 2.87. The Morgan fingerprint density at radius 3 is 3.00 bits per heavy atom. The number of hydrogen-bond acceptors (Lipinski definition) is 3. The maximum absolute atomic E-state index is 12.1. The number of benzene rings is 1. The number of carbonyl (C=O) groups excluding carboxylic acids is 1. The van der Waals surface area contributed by atoms with Gasteiger partial charge in [0.1, 0.15) is 0 Å². The Bertz CT molecular complexity index is 607. The van der Waals surface area contributed by atoms with Gasteiger partial charge in [-0.05, 0) is 18.9 Å². The van der Waals surface area contributed by atoms with Crippen LogP contribution in [0.25, 0.3) is 0 Å². The lowest BCUT2D eigenvalue weighted by molar-refractivity contribution is 0.183. The lowest BCUT2D eigenvalue weighted by Crippen LogP contribution is -2.42. The number of rotatable bonds is 2. The summed E-state index contributed by atoms with van der Waals surface area (Å²) in [6.45, 7) is 3.68. The molecule has 20 heavy (non-hydrogen) atoms. The van der Waals surface area contributed by atoms with E-state index >= 15 is 0 Å². The van der Waals surface area contributed by atoms with E-state index in [9.17, 15) is 4.79 Å². The summed E-state index contributed by atoms with van der Waals surface area (Å²) in [7, 11) is 0. The number of urea groups is 1. The van der Waals surface area contributed by atoms with E-state index in [2.05, 4.69) is 10.5 Å². The molecule has 5 nitrogen and oxygen atoms in total. The van der Waals surface area contributed by atoms with E-state index in [1.54, 1.807) is 4.90 Å². The van der Waals surface area contributed by atoms with Crippen LogP contribution < -0.4 is 5.32 Å². The second kappa shape index (κ2) is 5.36. The van der Waals surface area contributed by atoms with Crippen molar-refractivity contribution in [3.63, 3.8) is 0 Å². The van der Waals surface area contributed by atoms with Crippen LogP contribution in [0, 0.1) is 6.92 Å². The smallest absolute Gasteiger partial charge is 0.318 e. The van der Waals surface area contributed by atoms with Crippen molar-refractivity contribution in [3.05, 3.63) is 52.9 Å². The predicted octanol–water partition coefficient (Wildman–Crippen LogP) is 2.25. The van der Waals surface area contributed by atoms with Gasteiger partial charge in [-0.1, -0.05) is 35.5 Å². The summed E-state index contributed by atoms with van der Waals surface area (Å²) in [5, 5.41) is 6.88. The summed E-state index contributed by atoms with van der Waals surface area (Å²) >= 11 is 0. The number of aromatic nitrogens is 1.